The van der Waals surface area contributed by atoms with E-state index < -0.39 is 47.9 Å². The van der Waals surface area contributed by atoms with Crippen LogP contribution in [0.5, 0.6) is 5.75 Å². The Morgan fingerprint density at radius 3 is 1.88 bits per heavy atom. The minimum Gasteiger partial charge on any atom is -0.508 e. The first-order chi connectivity index (χ1) is 14.8. The number of hydrogen-bond acceptors (Lipinski definition) is 6. The number of benzene rings is 1. The van der Waals surface area contributed by atoms with Gasteiger partial charge in [-0.3, -0.25) is 14.4 Å². The lowest BCUT2D eigenvalue weighted by Gasteiger charge is -2.25. The monoisotopic (exact) mass is 450 g/mol. The van der Waals surface area contributed by atoms with E-state index in [-0.39, 0.29) is 24.0 Å². The average Bonchev–Trinajstić information content (AvgIpc) is 2.71. The highest BCUT2D eigenvalue weighted by atomic mass is 16.4. The third kappa shape index (κ3) is 8.18. The summed E-state index contributed by atoms with van der Waals surface area (Å²) in [6.45, 7) is 8.33. The van der Waals surface area contributed by atoms with Crippen LogP contribution in [-0.4, -0.2) is 58.1 Å². The topological polar surface area (TPSA) is 171 Å². The van der Waals surface area contributed by atoms with Crippen molar-refractivity contribution in [3.63, 3.8) is 0 Å². The van der Waals surface area contributed by atoms with Crippen molar-refractivity contribution < 1.29 is 29.4 Å². The minimum atomic E-state index is -1.19. The number of nitrogens with two attached hydrogens (primary N) is 1. The zero-order valence-corrected chi connectivity index (χ0v) is 19.1. The first-order valence-corrected chi connectivity index (χ1v) is 10.5. The van der Waals surface area contributed by atoms with Crippen molar-refractivity contribution in [2.24, 2.45) is 17.6 Å². The molecular weight excluding hydrogens is 416 g/mol. The molecule has 10 heteroatoms. The number of hydrogen-bond donors (Lipinski definition) is 6. The van der Waals surface area contributed by atoms with Crippen molar-refractivity contribution in [3.05, 3.63) is 29.8 Å². The summed E-state index contributed by atoms with van der Waals surface area (Å²) < 4.78 is 0. The lowest BCUT2D eigenvalue weighted by Crippen LogP contribution is -2.57. The maximum atomic E-state index is 12.9. The highest BCUT2D eigenvalue weighted by Gasteiger charge is 2.30. The molecular formula is C22H34N4O6. The summed E-state index contributed by atoms with van der Waals surface area (Å²) in [4.78, 5) is 49.2. The molecule has 1 aromatic carbocycles. The zero-order chi connectivity index (χ0) is 24.6. The second-order valence-corrected chi connectivity index (χ2v) is 8.50. The summed E-state index contributed by atoms with van der Waals surface area (Å²) in [6, 6.07) is 2.06. The molecule has 0 radical (unpaired) electrons. The lowest BCUT2D eigenvalue weighted by molar-refractivity contribution is -0.143. The SMILES string of the molecule is CC(NC(=O)C(N)C(C)C)C(=O)NC(Cc1ccc(O)cc1)C(=O)NC(C(=O)O)C(C)C. The fraction of sp³-hybridized carbons (Fsp3) is 0.545. The molecule has 3 amide bonds. The minimum absolute atomic E-state index is 0.0439. The number of nitrogens with one attached hydrogen (secondary N) is 3. The predicted molar refractivity (Wildman–Crippen MR) is 119 cm³/mol. The number of phenolic OH excluding ortho intramolecular Hbond substituents is 1. The highest BCUT2D eigenvalue weighted by molar-refractivity contribution is 5.94. The molecule has 0 bridgehead atoms. The van der Waals surface area contributed by atoms with Gasteiger partial charge in [-0.25, -0.2) is 4.79 Å². The van der Waals surface area contributed by atoms with E-state index in [1.807, 2.05) is 0 Å². The zero-order valence-electron chi connectivity index (χ0n) is 19.1. The molecule has 7 N–H and O–H groups in total. The fourth-order valence-electron chi connectivity index (χ4n) is 2.82. The van der Waals surface area contributed by atoms with Gasteiger partial charge in [-0.1, -0.05) is 39.8 Å². The van der Waals surface area contributed by atoms with Gasteiger partial charge in [-0.2, -0.15) is 0 Å². The molecule has 1 aromatic rings. The molecule has 0 aliphatic rings. The standard InChI is InChI=1S/C22H34N4O6/c1-11(2)17(23)21(30)24-13(5)19(28)25-16(10-14-6-8-15(27)9-7-14)20(29)26-18(12(3)4)22(31)32/h6-9,11-13,16-18,27H,10,23H2,1-5H3,(H,24,30)(H,25,28)(H,26,29)(H,31,32). The van der Waals surface area contributed by atoms with E-state index in [9.17, 15) is 29.4 Å². The highest BCUT2D eigenvalue weighted by Crippen LogP contribution is 2.12. The molecule has 0 aliphatic carbocycles. The van der Waals surface area contributed by atoms with E-state index >= 15 is 0 Å². The average molecular weight is 451 g/mol. The smallest absolute Gasteiger partial charge is 0.326 e. The van der Waals surface area contributed by atoms with Crippen LogP contribution in [-0.2, 0) is 25.6 Å². The Bertz CT molecular complexity index is 809. The molecule has 0 fully saturated rings. The molecule has 4 unspecified atom stereocenters. The van der Waals surface area contributed by atoms with Crippen LogP contribution in [0.4, 0.5) is 0 Å². The fourth-order valence-corrected chi connectivity index (χ4v) is 2.82. The number of carbonyl (C=O) groups is 4. The van der Waals surface area contributed by atoms with E-state index in [4.69, 9.17) is 5.73 Å². The van der Waals surface area contributed by atoms with Gasteiger partial charge < -0.3 is 31.9 Å². The van der Waals surface area contributed by atoms with Crippen LogP contribution in [0, 0.1) is 11.8 Å². The van der Waals surface area contributed by atoms with Crippen molar-refractivity contribution >= 4 is 23.7 Å². The third-order valence-corrected chi connectivity index (χ3v) is 5.01. The van der Waals surface area contributed by atoms with Crippen LogP contribution in [0.2, 0.25) is 0 Å². The Labute approximate surface area is 187 Å². The van der Waals surface area contributed by atoms with Crippen molar-refractivity contribution in [2.75, 3.05) is 0 Å². The molecule has 178 valence electrons. The van der Waals surface area contributed by atoms with Crippen LogP contribution in [0.25, 0.3) is 0 Å². The molecule has 0 heterocycles. The van der Waals surface area contributed by atoms with E-state index in [0.717, 1.165) is 0 Å². The molecule has 0 saturated heterocycles. The number of carboxylic acid groups (broad SMARTS) is 1. The summed E-state index contributed by atoms with van der Waals surface area (Å²) in [5.74, 6) is -3.43. The number of rotatable bonds is 11. The summed E-state index contributed by atoms with van der Waals surface area (Å²) >= 11 is 0. The Morgan fingerprint density at radius 2 is 1.41 bits per heavy atom. The number of aromatic hydroxyl groups is 1. The van der Waals surface area contributed by atoms with Gasteiger partial charge in [0.25, 0.3) is 0 Å². The first kappa shape index (κ1) is 26.9. The quantitative estimate of drug-likeness (QED) is 0.278. The van der Waals surface area contributed by atoms with Crippen LogP contribution < -0.4 is 21.7 Å². The number of carbonyl (C=O) groups excluding carboxylic acids is 3. The van der Waals surface area contributed by atoms with Gasteiger partial charge in [-0.05, 0) is 36.5 Å². The van der Waals surface area contributed by atoms with Crippen LogP contribution in [0.15, 0.2) is 24.3 Å². The van der Waals surface area contributed by atoms with Gasteiger partial charge in [0.2, 0.25) is 17.7 Å². The Morgan fingerprint density at radius 1 is 0.844 bits per heavy atom. The Hall–Kier alpha value is -3.14. The van der Waals surface area contributed by atoms with E-state index in [1.54, 1.807) is 39.8 Å². The summed E-state index contributed by atoms with van der Waals surface area (Å²) in [6.07, 6.45) is 0.0501. The van der Waals surface area contributed by atoms with Crippen molar-refractivity contribution in [3.8, 4) is 5.75 Å². The van der Waals surface area contributed by atoms with Gasteiger partial charge in [0, 0.05) is 6.42 Å². The summed E-state index contributed by atoms with van der Waals surface area (Å²) in [5, 5.41) is 26.4. The van der Waals surface area contributed by atoms with Gasteiger partial charge in [0.05, 0.1) is 6.04 Å². The molecule has 0 saturated carbocycles. The van der Waals surface area contributed by atoms with Gasteiger partial charge in [-0.15, -0.1) is 0 Å². The summed E-state index contributed by atoms with van der Waals surface area (Å²) in [7, 11) is 0. The second-order valence-electron chi connectivity index (χ2n) is 8.50. The predicted octanol–water partition coefficient (Wildman–Crippen LogP) is 0.133. The first-order valence-electron chi connectivity index (χ1n) is 10.5. The molecule has 0 aliphatic heterocycles. The van der Waals surface area contributed by atoms with E-state index in [0.29, 0.717) is 5.56 Å². The third-order valence-electron chi connectivity index (χ3n) is 5.01. The molecule has 10 nitrogen and oxygen atoms in total. The van der Waals surface area contributed by atoms with Crippen LogP contribution >= 0.6 is 0 Å². The van der Waals surface area contributed by atoms with Gasteiger partial charge in [0.15, 0.2) is 0 Å². The van der Waals surface area contributed by atoms with Crippen molar-refractivity contribution in [1.82, 2.24) is 16.0 Å². The van der Waals surface area contributed by atoms with Gasteiger partial charge in [0.1, 0.15) is 23.9 Å². The molecule has 0 aromatic heterocycles. The molecule has 0 spiro atoms. The molecule has 1 rings (SSSR count). The number of carboxylic acids is 1. The van der Waals surface area contributed by atoms with Crippen molar-refractivity contribution in [1.29, 1.82) is 0 Å². The van der Waals surface area contributed by atoms with E-state index in [1.165, 1.54) is 19.1 Å². The van der Waals surface area contributed by atoms with Crippen LogP contribution in [0.1, 0.15) is 40.2 Å². The second kappa shape index (κ2) is 12.0. The van der Waals surface area contributed by atoms with Crippen molar-refractivity contribution in [2.45, 2.75) is 65.2 Å². The lowest BCUT2D eigenvalue weighted by atomic mass is 10.0. The maximum Gasteiger partial charge on any atom is 0.326 e. The Kier molecular flexibility index (Phi) is 10.1. The maximum absolute atomic E-state index is 12.9. The summed E-state index contributed by atoms with van der Waals surface area (Å²) in [5.41, 5.74) is 6.44. The number of amides is 3. The number of aliphatic carboxylic acids is 1. The van der Waals surface area contributed by atoms with Crippen LogP contribution in [0.3, 0.4) is 0 Å². The van der Waals surface area contributed by atoms with E-state index in [2.05, 4.69) is 16.0 Å². The molecule has 32 heavy (non-hydrogen) atoms. The normalized spacial score (nSPS) is 14.9. The van der Waals surface area contributed by atoms with Gasteiger partial charge >= 0.3 is 5.97 Å². The number of phenols is 1. The Balaban J connectivity index is 2.99. The molecule has 4 atom stereocenters. The largest absolute Gasteiger partial charge is 0.508 e.